The standard InChI is InChI=1S/C10H17N5O2/c1-14(2)7-3-5-15(6-4-7)10(16)8-9(11)13-17-12-8/h7H,3-6H2,1-2H3,(H2,11,13). The molecule has 0 aliphatic carbocycles. The molecule has 1 aromatic rings. The smallest absolute Gasteiger partial charge is 0.280 e. The highest BCUT2D eigenvalue weighted by atomic mass is 16.6. The van der Waals surface area contributed by atoms with Crippen LogP contribution in [-0.4, -0.2) is 59.2 Å². The molecule has 2 rings (SSSR count). The van der Waals surface area contributed by atoms with Crippen LogP contribution < -0.4 is 5.73 Å². The molecule has 0 unspecified atom stereocenters. The minimum absolute atomic E-state index is 0.0599. The minimum Gasteiger partial charge on any atom is -0.379 e. The number of hydrogen-bond acceptors (Lipinski definition) is 6. The van der Waals surface area contributed by atoms with Crippen molar-refractivity contribution in [3.63, 3.8) is 0 Å². The monoisotopic (exact) mass is 239 g/mol. The van der Waals surface area contributed by atoms with Crippen molar-refractivity contribution in [2.24, 2.45) is 0 Å². The zero-order chi connectivity index (χ0) is 12.4. The summed E-state index contributed by atoms with van der Waals surface area (Å²) in [5, 5.41) is 6.94. The van der Waals surface area contributed by atoms with Gasteiger partial charge in [-0.15, -0.1) is 0 Å². The van der Waals surface area contributed by atoms with E-state index in [2.05, 4.69) is 33.9 Å². The summed E-state index contributed by atoms with van der Waals surface area (Å²) in [5.74, 6) is -0.134. The van der Waals surface area contributed by atoms with Crippen LogP contribution in [0.4, 0.5) is 5.82 Å². The number of anilines is 1. The fourth-order valence-electron chi connectivity index (χ4n) is 2.08. The Morgan fingerprint density at radius 1 is 1.41 bits per heavy atom. The summed E-state index contributed by atoms with van der Waals surface area (Å²) in [6.45, 7) is 1.43. The number of hydrogen-bond donors (Lipinski definition) is 1. The number of likely N-dealkylation sites (tertiary alicyclic amines) is 1. The molecule has 1 aliphatic heterocycles. The first-order valence-corrected chi connectivity index (χ1v) is 5.63. The van der Waals surface area contributed by atoms with Gasteiger partial charge in [-0.1, -0.05) is 0 Å². The number of carbonyl (C=O) groups is 1. The van der Waals surface area contributed by atoms with Gasteiger partial charge in [0.1, 0.15) is 0 Å². The predicted octanol–water partition coefficient (Wildman–Crippen LogP) is -0.182. The van der Waals surface area contributed by atoms with Crippen molar-refractivity contribution in [3.8, 4) is 0 Å². The largest absolute Gasteiger partial charge is 0.379 e. The lowest BCUT2D eigenvalue weighted by molar-refractivity contribution is 0.0653. The molecule has 0 spiro atoms. The van der Waals surface area contributed by atoms with Gasteiger partial charge in [-0.05, 0) is 37.3 Å². The molecule has 1 aromatic heterocycles. The average molecular weight is 239 g/mol. The number of piperidine rings is 1. The Kier molecular flexibility index (Phi) is 3.28. The van der Waals surface area contributed by atoms with E-state index in [0.717, 1.165) is 12.8 Å². The first-order valence-electron chi connectivity index (χ1n) is 5.63. The number of nitrogens with two attached hydrogens (primary N) is 1. The van der Waals surface area contributed by atoms with Crippen LogP contribution in [0.25, 0.3) is 0 Å². The van der Waals surface area contributed by atoms with Gasteiger partial charge in [0.25, 0.3) is 5.91 Å². The maximum Gasteiger partial charge on any atom is 0.280 e. The van der Waals surface area contributed by atoms with Gasteiger partial charge in [-0.2, -0.15) is 0 Å². The Bertz CT molecular complexity index is 395. The second kappa shape index (κ2) is 4.70. The quantitative estimate of drug-likeness (QED) is 0.770. The number of carbonyl (C=O) groups excluding carboxylic acids is 1. The lowest BCUT2D eigenvalue weighted by Crippen LogP contribution is -2.44. The van der Waals surface area contributed by atoms with Crippen LogP contribution in [0.1, 0.15) is 23.3 Å². The van der Waals surface area contributed by atoms with Crippen molar-refractivity contribution in [2.45, 2.75) is 18.9 Å². The molecule has 0 aromatic carbocycles. The van der Waals surface area contributed by atoms with Crippen molar-refractivity contribution in [2.75, 3.05) is 32.9 Å². The molecule has 1 amide bonds. The fourth-order valence-corrected chi connectivity index (χ4v) is 2.08. The van der Waals surface area contributed by atoms with Crippen LogP contribution in [0.5, 0.6) is 0 Å². The molecule has 1 saturated heterocycles. The molecule has 7 nitrogen and oxygen atoms in total. The molecule has 0 radical (unpaired) electrons. The summed E-state index contributed by atoms with van der Waals surface area (Å²) >= 11 is 0. The number of amides is 1. The lowest BCUT2D eigenvalue weighted by atomic mass is 10.0. The summed E-state index contributed by atoms with van der Waals surface area (Å²) < 4.78 is 4.44. The minimum atomic E-state index is -0.194. The highest BCUT2D eigenvalue weighted by molar-refractivity contribution is 5.96. The third-order valence-electron chi connectivity index (χ3n) is 3.20. The Morgan fingerprint density at radius 2 is 2.06 bits per heavy atom. The Balaban J connectivity index is 1.98. The first kappa shape index (κ1) is 11.8. The zero-order valence-corrected chi connectivity index (χ0v) is 10.1. The third kappa shape index (κ3) is 2.38. The molecule has 1 fully saturated rings. The lowest BCUT2D eigenvalue weighted by Gasteiger charge is -2.34. The van der Waals surface area contributed by atoms with E-state index in [1.54, 1.807) is 4.90 Å². The van der Waals surface area contributed by atoms with Gasteiger partial charge >= 0.3 is 0 Å². The summed E-state index contributed by atoms with van der Waals surface area (Å²) in [4.78, 5) is 16.0. The van der Waals surface area contributed by atoms with Crippen molar-refractivity contribution in [3.05, 3.63) is 5.69 Å². The third-order valence-corrected chi connectivity index (χ3v) is 3.20. The van der Waals surface area contributed by atoms with Crippen molar-refractivity contribution < 1.29 is 9.42 Å². The van der Waals surface area contributed by atoms with Crippen LogP contribution >= 0.6 is 0 Å². The van der Waals surface area contributed by atoms with Crippen LogP contribution in [0.15, 0.2) is 4.63 Å². The van der Waals surface area contributed by atoms with E-state index in [1.807, 2.05) is 0 Å². The van der Waals surface area contributed by atoms with Gasteiger partial charge in [-0.25, -0.2) is 4.63 Å². The maximum atomic E-state index is 12.0. The van der Waals surface area contributed by atoms with Gasteiger partial charge in [0.2, 0.25) is 11.5 Å². The summed E-state index contributed by atoms with van der Waals surface area (Å²) in [7, 11) is 4.11. The normalized spacial score (nSPS) is 17.7. The van der Waals surface area contributed by atoms with Gasteiger partial charge in [0.15, 0.2) is 0 Å². The first-order chi connectivity index (χ1) is 8.09. The summed E-state index contributed by atoms with van der Waals surface area (Å²) in [6.07, 6.45) is 1.92. The maximum absolute atomic E-state index is 12.0. The Labute approximate surface area is 99.5 Å². The SMILES string of the molecule is CN(C)C1CCN(C(=O)c2nonc2N)CC1. The summed E-state index contributed by atoms with van der Waals surface area (Å²) in [5.41, 5.74) is 5.62. The van der Waals surface area contributed by atoms with E-state index in [9.17, 15) is 4.79 Å². The predicted molar refractivity (Wildman–Crippen MR) is 61.3 cm³/mol. The molecule has 0 atom stereocenters. The molecule has 94 valence electrons. The molecule has 17 heavy (non-hydrogen) atoms. The van der Waals surface area contributed by atoms with Crippen molar-refractivity contribution in [1.82, 2.24) is 20.1 Å². The number of nitrogens with zero attached hydrogens (tertiary/aromatic N) is 4. The van der Waals surface area contributed by atoms with E-state index < -0.39 is 0 Å². The average Bonchev–Trinajstić information content (AvgIpc) is 2.74. The van der Waals surface area contributed by atoms with E-state index in [1.165, 1.54) is 0 Å². The highest BCUT2D eigenvalue weighted by Crippen LogP contribution is 2.17. The van der Waals surface area contributed by atoms with Gasteiger partial charge in [0.05, 0.1) is 0 Å². The van der Waals surface area contributed by atoms with Gasteiger partial charge in [-0.3, -0.25) is 4.79 Å². The zero-order valence-electron chi connectivity index (χ0n) is 10.1. The number of nitrogen functional groups attached to an aromatic ring is 1. The molecule has 2 heterocycles. The number of aromatic nitrogens is 2. The van der Waals surface area contributed by atoms with Crippen molar-refractivity contribution in [1.29, 1.82) is 0 Å². The molecule has 0 saturated carbocycles. The summed E-state index contributed by atoms with van der Waals surface area (Å²) in [6, 6.07) is 0.534. The van der Waals surface area contributed by atoms with E-state index >= 15 is 0 Å². The van der Waals surface area contributed by atoms with Crippen molar-refractivity contribution >= 4 is 11.7 Å². The second-order valence-corrected chi connectivity index (χ2v) is 4.49. The van der Waals surface area contributed by atoms with Gasteiger partial charge in [0, 0.05) is 19.1 Å². The fraction of sp³-hybridized carbons (Fsp3) is 0.700. The molecule has 1 aliphatic rings. The van der Waals surface area contributed by atoms with E-state index in [0.29, 0.717) is 19.1 Å². The second-order valence-electron chi connectivity index (χ2n) is 4.49. The highest BCUT2D eigenvalue weighted by Gasteiger charge is 2.27. The van der Waals surface area contributed by atoms with Crippen LogP contribution in [0, 0.1) is 0 Å². The van der Waals surface area contributed by atoms with Crippen LogP contribution in [0.3, 0.4) is 0 Å². The molecular formula is C10H17N5O2. The van der Waals surface area contributed by atoms with Crippen LogP contribution in [0.2, 0.25) is 0 Å². The number of rotatable bonds is 2. The topological polar surface area (TPSA) is 88.5 Å². The molecule has 7 heteroatoms. The van der Waals surface area contributed by atoms with E-state index in [-0.39, 0.29) is 17.4 Å². The van der Waals surface area contributed by atoms with E-state index in [4.69, 9.17) is 5.73 Å². The molecule has 2 N–H and O–H groups in total. The Morgan fingerprint density at radius 3 is 2.53 bits per heavy atom. The Hall–Kier alpha value is -1.63. The molecule has 0 bridgehead atoms. The molecular weight excluding hydrogens is 222 g/mol. The van der Waals surface area contributed by atoms with Gasteiger partial charge < -0.3 is 15.5 Å². The van der Waals surface area contributed by atoms with Crippen LogP contribution in [-0.2, 0) is 0 Å².